The Labute approximate surface area is 343 Å². The highest BCUT2D eigenvalue weighted by molar-refractivity contribution is 6.74. The number of benzene rings is 1. The third-order valence-electron chi connectivity index (χ3n) is 11.9. The van der Waals surface area contributed by atoms with Gasteiger partial charge in [-0.15, -0.1) is 0 Å². The molecule has 1 aromatic carbocycles. The summed E-state index contributed by atoms with van der Waals surface area (Å²) >= 11 is 0. The Hall–Kier alpha value is -2.99. The monoisotopic (exact) mass is 811 g/mol. The molecule has 0 unspecified atom stereocenters. The number of anilines is 2. The first-order chi connectivity index (χ1) is 26.2. The SMILES string of the molecule is CCCC[C@@H](CCCO[Si](C)(C)C(C)(C)C)NC(=O)CCc1nc(N)nc(N[C@@H](CCCC)CCO[Si](C)(C)C(C)(C)C)c1Cc1cc(CC#N)ccc1OC. The number of unbranched alkanes of at least 4 members (excludes halogenated alkanes) is 2. The first kappa shape index (κ1) is 49.2. The minimum absolute atomic E-state index is 0.00580. The highest BCUT2D eigenvalue weighted by atomic mass is 28.4. The van der Waals surface area contributed by atoms with E-state index in [1.54, 1.807) is 7.11 Å². The summed E-state index contributed by atoms with van der Waals surface area (Å²) in [5.74, 6) is 1.58. The lowest BCUT2D eigenvalue weighted by Gasteiger charge is -2.36. The van der Waals surface area contributed by atoms with Crippen molar-refractivity contribution in [1.82, 2.24) is 15.3 Å². The fraction of sp³-hybridized carbons (Fsp3) is 0.727. The summed E-state index contributed by atoms with van der Waals surface area (Å²) in [6.45, 7) is 28.5. The van der Waals surface area contributed by atoms with Gasteiger partial charge >= 0.3 is 0 Å². The van der Waals surface area contributed by atoms with Crippen LogP contribution in [0, 0.1) is 11.3 Å². The van der Waals surface area contributed by atoms with E-state index >= 15 is 0 Å². The van der Waals surface area contributed by atoms with Crippen LogP contribution in [0.25, 0.3) is 0 Å². The number of nitrogens with one attached hydrogen (secondary N) is 2. The van der Waals surface area contributed by atoms with Crippen LogP contribution in [-0.4, -0.2) is 64.9 Å². The van der Waals surface area contributed by atoms with Gasteiger partial charge in [0.1, 0.15) is 11.6 Å². The Morgan fingerprint density at radius 2 is 1.46 bits per heavy atom. The molecule has 0 bridgehead atoms. The van der Waals surface area contributed by atoms with Gasteiger partial charge in [0.15, 0.2) is 16.6 Å². The van der Waals surface area contributed by atoms with Crippen molar-refractivity contribution in [2.45, 2.75) is 187 Å². The van der Waals surface area contributed by atoms with Crippen LogP contribution in [0.5, 0.6) is 5.75 Å². The number of amides is 1. The number of methoxy groups -OCH3 is 1. The fourth-order valence-electron chi connectivity index (χ4n) is 6.17. The molecule has 0 aliphatic rings. The number of nitrogens with two attached hydrogens (primary N) is 1. The molecule has 0 aliphatic heterocycles. The van der Waals surface area contributed by atoms with Crippen LogP contribution in [0.4, 0.5) is 11.8 Å². The van der Waals surface area contributed by atoms with E-state index in [0.717, 1.165) is 92.5 Å². The molecular formula is C44H78N6O4Si2. The molecule has 2 atom stereocenters. The number of aryl methyl sites for hydroxylation is 1. The summed E-state index contributed by atoms with van der Waals surface area (Å²) in [7, 11) is -2.08. The maximum atomic E-state index is 13.6. The summed E-state index contributed by atoms with van der Waals surface area (Å²) in [6.07, 6.45) is 10.2. The number of rotatable bonds is 25. The van der Waals surface area contributed by atoms with Crippen molar-refractivity contribution in [3.63, 3.8) is 0 Å². The van der Waals surface area contributed by atoms with Crippen LogP contribution in [0.15, 0.2) is 18.2 Å². The minimum Gasteiger partial charge on any atom is -0.496 e. The summed E-state index contributed by atoms with van der Waals surface area (Å²) < 4.78 is 18.9. The van der Waals surface area contributed by atoms with Crippen molar-refractivity contribution in [1.29, 1.82) is 5.26 Å². The van der Waals surface area contributed by atoms with Crippen molar-refractivity contribution in [2.24, 2.45) is 0 Å². The number of aromatic nitrogens is 2. The third kappa shape index (κ3) is 16.1. The summed E-state index contributed by atoms with van der Waals surface area (Å²) in [5.41, 5.74) is 9.90. The van der Waals surface area contributed by atoms with Crippen molar-refractivity contribution < 1.29 is 18.4 Å². The van der Waals surface area contributed by atoms with Gasteiger partial charge in [0.05, 0.1) is 25.3 Å². The van der Waals surface area contributed by atoms with Gasteiger partial charge in [0, 0.05) is 43.7 Å². The van der Waals surface area contributed by atoms with Crippen molar-refractivity contribution in [3.05, 3.63) is 40.6 Å². The van der Waals surface area contributed by atoms with Gasteiger partial charge in [-0.2, -0.15) is 10.2 Å². The molecule has 10 nitrogen and oxygen atoms in total. The zero-order valence-corrected chi connectivity index (χ0v) is 39.5. The Bertz CT molecular complexity index is 1550. The molecule has 1 amide bonds. The summed E-state index contributed by atoms with van der Waals surface area (Å²) in [6, 6.07) is 8.32. The van der Waals surface area contributed by atoms with E-state index in [0.29, 0.717) is 31.7 Å². The second-order valence-corrected chi connectivity index (χ2v) is 28.2. The van der Waals surface area contributed by atoms with Crippen LogP contribution < -0.4 is 21.1 Å². The lowest BCUT2D eigenvalue weighted by molar-refractivity contribution is -0.121. The summed E-state index contributed by atoms with van der Waals surface area (Å²) in [5, 5.41) is 16.9. The normalized spacial score (nSPS) is 13.6. The first-order valence-corrected chi connectivity index (χ1v) is 27.0. The van der Waals surface area contributed by atoms with Gasteiger partial charge in [0.25, 0.3) is 0 Å². The molecule has 0 aliphatic carbocycles. The second kappa shape index (κ2) is 22.8. The van der Waals surface area contributed by atoms with Crippen LogP contribution in [0.2, 0.25) is 36.3 Å². The molecule has 4 N–H and O–H groups in total. The number of nitrogen functional groups attached to an aromatic ring is 1. The molecule has 0 spiro atoms. The molecule has 0 saturated heterocycles. The maximum Gasteiger partial charge on any atom is 0.222 e. The molecular weight excluding hydrogens is 733 g/mol. The number of carbonyl (C=O) groups excluding carboxylic acids is 1. The molecule has 316 valence electrons. The van der Waals surface area contributed by atoms with Crippen molar-refractivity contribution in [2.75, 3.05) is 31.4 Å². The number of ether oxygens (including phenoxy) is 1. The fourth-order valence-corrected chi connectivity index (χ4v) is 8.32. The number of carbonyl (C=O) groups is 1. The maximum absolute atomic E-state index is 13.6. The molecule has 1 heterocycles. The van der Waals surface area contributed by atoms with Gasteiger partial charge in [-0.1, -0.05) is 93.2 Å². The predicted octanol–water partition coefficient (Wildman–Crippen LogP) is 10.5. The quantitative estimate of drug-likeness (QED) is 0.0659. The Morgan fingerprint density at radius 1 is 0.875 bits per heavy atom. The molecule has 12 heteroatoms. The van der Waals surface area contributed by atoms with E-state index in [9.17, 15) is 10.1 Å². The highest BCUT2D eigenvalue weighted by Gasteiger charge is 2.38. The van der Waals surface area contributed by atoms with Crippen LogP contribution >= 0.6 is 0 Å². The topological polar surface area (TPSA) is 144 Å². The molecule has 0 radical (unpaired) electrons. The average molecular weight is 811 g/mol. The van der Waals surface area contributed by atoms with Crippen LogP contribution in [0.3, 0.4) is 0 Å². The van der Waals surface area contributed by atoms with Crippen LogP contribution in [-0.2, 0) is 32.9 Å². The molecule has 56 heavy (non-hydrogen) atoms. The van der Waals surface area contributed by atoms with E-state index in [4.69, 9.17) is 29.3 Å². The Kier molecular flexibility index (Phi) is 20.0. The van der Waals surface area contributed by atoms with Crippen molar-refractivity contribution >= 4 is 34.3 Å². The van der Waals surface area contributed by atoms with Gasteiger partial charge < -0.3 is 30.0 Å². The molecule has 1 aromatic heterocycles. The zero-order valence-electron chi connectivity index (χ0n) is 37.5. The number of nitriles is 1. The Balaban J connectivity index is 2.41. The Morgan fingerprint density at radius 3 is 2.04 bits per heavy atom. The standard InChI is InChI=1S/C44H78N6O4Si2/c1-14-16-19-35(21-18-29-53-55(10,11)43(3,4)5)47-40(51)25-23-38-37(32-34-31-33(26-28-45)22-24-39(34)52-9)41(50-42(46)49-38)48-36(20-17-15-2)27-30-54-56(12,13)44(6,7)8/h22,24,31,35-36H,14-21,23,25-27,29-30,32H2,1-13H3,(H,47,51)(H3,46,48,49,50)/t35-,36-/m0/s1. The lowest BCUT2D eigenvalue weighted by atomic mass is 9.97. The number of hydrogen-bond acceptors (Lipinski definition) is 9. The molecule has 0 fully saturated rings. The average Bonchev–Trinajstić information content (AvgIpc) is 3.10. The van der Waals surface area contributed by atoms with E-state index < -0.39 is 16.6 Å². The van der Waals surface area contributed by atoms with Gasteiger partial charge in [-0.3, -0.25) is 4.79 Å². The van der Waals surface area contributed by atoms with E-state index in [1.165, 1.54) is 0 Å². The molecule has 2 rings (SSSR count). The van der Waals surface area contributed by atoms with Gasteiger partial charge in [-0.05, 0) is 92.0 Å². The number of hydrogen-bond donors (Lipinski definition) is 3. The zero-order chi connectivity index (χ0) is 42.2. The molecule has 2 aromatic rings. The summed E-state index contributed by atoms with van der Waals surface area (Å²) in [4.78, 5) is 23.2. The largest absolute Gasteiger partial charge is 0.496 e. The highest BCUT2D eigenvalue weighted by Crippen LogP contribution is 2.38. The van der Waals surface area contributed by atoms with E-state index in [-0.39, 0.29) is 40.4 Å². The third-order valence-corrected chi connectivity index (χ3v) is 21.0. The van der Waals surface area contributed by atoms with Gasteiger partial charge in [0.2, 0.25) is 11.9 Å². The minimum atomic E-state index is -1.92. The van der Waals surface area contributed by atoms with E-state index in [2.05, 4.69) is 98.3 Å². The lowest BCUT2D eigenvalue weighted by Crippen LogP contribution is -2.41. The second-order valence-electron chi connectivity index (χ2n) is 18.6. The van der Waals surface area contributed by atoms with Crippen LogP contribution in [0.1, 0.15) is 142 Å². The first-order valence-electron chi connectivity index (χ1n) is 21.2. The van der Waals surface area contributed by atoms with Crippen molar-refractivity contribution in [3.8, 4) is 11.8 Å². The number of nitrogens with zero attached hydrogens (tertiary/aromatic N) is 3. The molecule has 0 saturated carbocycles. The predicted molar refractivity (Wildman–Crippen MR) is 238 cm³/mol. The van der Waals surface area contributed by atoms with E-state index in [1.807, 2.05) is 18.2 Å². The van der Waals surface area contributed by atoms with Gasteiger partial charge in [-0.25, -0.2) is 4.98 Å². The smallest absolute Gasteiger partial charge is 0.222 e.